The lowest BCUT2D eigenvalue weighted by Crippen LogP contribution is -2.30. The third kappa shape index (κ3) is 7.30. The van der Waals surface area contributed by atoms with E-state index in [0.717, 1.165) is 29.2 Å². The van der Waals surface area contributed by atoms with Crippen LogP contribution >= 0.6 is 23.1 Å². The molecule has 1 aromatic rings. The predicted molar refractivity (Wildman–Crippen MR) is 87.5 cm³/mol. The van der Waals surface area contributed by atoms with Gasteiger partial charge >= 0.3 is 0 Å². The number of thioether (sulfide) groups is 1. The number of nitrogens with one attached hydrogen (secondary N) is 2. The van der Waals surface area contributed by atoms with Crippen molar-refractivity contribution in [3.63, 3.8) is 0 Å². The Hall–Kier alpha value is -1.32. The molecule has 0 fully saturated rings. The Labute approximate surface area is 133 Å². The standard InChI is InChI=1S/C12H21N5O2S2/c1-9(14-11(13-2)5-17(18)19)20-7-10-8-21-12(15-10)6-16(3)4/h5,8-9,13-14H,6-7H2,1-4H3/b11-5-. The van der Waals surface area contributed by atoms with Crippen molar-refractivity contribution in [2.24, 2.45) is 0 Å². The third-order valence-electron chi connectivity index (χ3n) is 2.39. The molecule has 21 heavy (non-hydrogen) atoms. The maximum Gasteiger partial charge on any atom is 0.274 e. The van der Waals surface area contributed by atoms with Gasteiger partial charge in [-0.3, -0.25) is 10.1 Å². The zero-order valence-electron chi connectivity index (χ0n) is 12.6. The van der Waals surface area contributed by atoms with Gasteiger partial charge in [-0.15, -0.1) is 23.1 Å². The van der Waals surface area contributed by atoms with Gasteiger partial charge in [0.05, 0.1) is 16.0 Å². The minimum Gasteiger partial charge on any atom is -0.370 e. The van der Waals surface area contributed by atoms with E-state index in [9.17, 15) is 10.1 Å². The van der Waals surface area contributed by atoms with Crippen LogP contribution in [-0.2, 0) is 12.3 Å². The highest BCUT2D eigenvalue weighted by Crippen LogP contribution is 2.19. The summed E-state index contributed by atoms with van der Waals surface area (Å²) in [4.78, 5) is 16.6. The second kappa shape index (κ2) is 8.85. The number of rotatable bonds is 9. The van der Waals surface area contributed by atoms with E-state index in [4.69, 9.17) is 0 Å². The van der Waals surface area contributed by atoms with Crippen LogP contribution in [0.2, 0.25) is 0 Å². The summed E-state index contributed by atoms with van der Waals surface area (Å²) in [6.07, 6.45) is 0.926. The molecule has 0 radical (unpaired) electrons. The second-order valence-corrected chi connectivity index (χ2v) is 6.92. The average molecular weight is 331 g/mol. The SMILES string of the molecule is CN/C(=C/[N+](=O)[O-])NC(C)SCc1csc(CN(C)C)n1. The van der Waals surface area contributed by atoms with Crippen molar-refractivity contribution in [1.82, 2.24) is 20.5 Å². The fraction of sp³-hybridized carbons (Fsp3) is 0.583. The first kappa shape index (κ1) is 17.7. The van der Waals surface area contributed by atoms with Crippen molar-refractivity contribution in [2.75, 3.05) is 21.1 Å². The molecule has 0 saturated carbocycles. The molecule has 9 heteroatoms. The molecule has 0 saturated heterocycles. The molecule has 2 N–H and O–H groups in total. The minimum atomic E-state index is -0.482. The summed E-state index contributed by atoms with van der Waals surface area (Å²) in [7, 11) is 5.68. The number of aromatic nitrogens is 1. The van der Waals surface area contributed by atoms with E-state index in [-0.39, 0.29) is 5.37 Å². The van der Waals surface area contributed by atoms with E-state index in [1.807, 2.05) is 21.0 Å². The molecular formula is C12H21N5O2S2. The maximum absolute atomic E-state index is 10.5. The molecule has 0 aromatic carbocycles. The summed E-state index contributed by atoms with van der Waals surface area (Å²) in [5, 5.41) is 19.5. The lowest BCUT2D eigenvalue weighted by molar-refractivity contribution is -0.404. The van der Waals surface area contributed by atoms with Crippen LogP contribution in [0.15, 0.2) is 17.4 Å². The fourth-order valence-corrected chi connectivity index (χ4v) is 3.30. The number of nitro groups is 1. The average Bonchev–Trinajstić information content (AvgIpc) is 2.81. The topological polar surface area (TPSA) is 83.3 Å². The smallest absolute Gasteiger partial charge is 0.274 e. The van der Waals surface area contributed by atoms with Gasteiger partial charge in [-0.25, -0.2) is 4.98 Å². The van der Waals surface area contributed by atoms with Crippen molar-refractivity contribution in [2.45, 2.75) is 24.6 Å². The first-order chi connectivity index (χ1) is 9.90. The summed E-state index contributed by atoms with van der Waals surface area (Å²) in [5.41, 5.74) is 1.04. The molecule has 0 amide bonds. The fourth-order valence-electron chi connectivity index (χ4n) is 1.51. The first-order valence-electron chi connectivity index (χ1n) is 6.40. The van der Waals surface area contributed by atoms with E-state index in [2.05, 4.69) is 25.9 Å². The van der Waals surface area contributed by atoms with Crippen LogP contribution in [0, 0.1) is 10.1 Å². The molecule has 0 aliphatic rings. The maximum atomic E-state index is 10.5. The Bertz CT molecular complexity index is 490. The van der Waals surface area contributed by atoms with Gasteiger partial charge in [0.1, 0.15) is 5.01 Å². The molecule has 1 unspecified atom stereocenters. The lowest BCUT2D eigenvalue weighted by atomic mass is 10.5. The Morgan fingerprint density at radius 2 is 2.38 bits per heavy atom. The van der Waals surface area contributed by atoms with Crippen LogP contribution in [0.1, 0.15) is 17.6 Å². The summed E-state index contributed by atoms with van der Waals surface area (Å²) in [6, 6.07) is 0. The van der Waals surface area contributed by atoms with E-state index in [1.165, 1.54) is 0 Å². The van der Waals surface area contributed by atoms with Gasteiger partial charge in [-0.05, 0) is 21.0 Å². The Morgan fingerprint density at radius 1 is 1.67 bits per heavy atom. The molecule has 0 aliphatic carbocycles. The van der Waals surface area contributed by atoms with Crippen molar-refractivity contribution >= 4 is 23.1 Å². The zero-order valence-corrected chi connectivity index (χ0v) is 14.3. The summed E-state index contributed by atoms with van der Waals surface area (Å²) in [5.74, 6) is 1.17. The molecule has 1 aromatic heterocycles. The third-order valence-corrected chi connectivity index (χ3v) is 4.36. The number of nitrogens with zero attached hydrogens (tertiary/aromatic N) is 3. The van der Waals surface area contributed by atoms with Crippen molar-refractivity contribution in [3.05, 3.63) is 38.2 Å². The molecule has 0 bridgehead atoms. The van der Waals surface area contributed by atoms with E-state index in [1.54, 1.807) is 30.1 Å². The summed E-state index contributed by atoms with van der Waals surface area (Å²) < 4.78 is 0. The van der Waals surface area contributed by atoms with E-state index in [0.29, 0.717) is 5.82 Å². The van der Waals surface area contributed by atoms with Gasteiger partial charge < -0.3 is 15.5 Å². The highest BCUT2D eigenvalue weighted by Gasteiger charge is 2.09. The van der Waals surface area contributed by atoms with Crippen LogP contribution in [0.3, 0.4) is 0 Å². The second-order valence-electron chi connectivity index (χ2n) is 4.65. The number of hydrogen-bond donors (Lipinski definition) is 2. The molecule has 1 atom stereocenters. The van der Waals surface area contributed by atoms with Gasteiger partial charge in [0.15, 0.2) is 5.82 Å². The van der Waals surface area contributed by atoms with Gasteiger partial charge in [0.25, 0.3) is 6.20 Å². The largest absolute Gasteiger partial charge is 0.370 e. The highest BCUT2D eigenvalue weighted by atomic mass is 32.2. The first-order valence-corrected chi connectivity index (χ1v) is 8.32. The number of thiazole rings is 1. The normalized spacial score (nSPS) is 13.3. The van der Waals surface area contributed by atoms with Gasteiger partial charge in [-0.2, -0.15) is 0 Å². The van der Waals surface area contributed by atoms with Crippen molar-refractivity contribution in [3.8, 4) is 0 Å². The van der Waals surface area contributed by atoms with Crippen LogP contribution < -0.4 is 10.6 Å². The summed E-state index contributed by atoms with van der Waals surface area (Å²) >= 11 is 3.31. The van der Waals surface area contributed by atoms with Gasteiger partial charge in [0.2, 0.25) is 0 Å². The van der Waals surface area contributed by atoms with Crippen LogP contribution in [0.4, 0.5) is 0 Å². The highest BCUT2D eigenvalue weighted by molar-refractivity contribution is 7.99. The van der Waals surface area contributed by atoms with Crippen molar-refractivity contribution < 1.29 is 4.92 Å². The Balaban J connectivity index is 2.43. The molecule has 1 heterocycles. The number of hydrogen-bond acceptors (Lipinski definition) is 8. The molecule has 7 nitrogen and oxygen atoms in total. The van der Waals surface area contributed by atoms with E-state index < -0.39 is 4.92 Å². The predicted octanol–water partition coefficient (Wildman–Crippen LogP) is 1.67. The molecule has 118 valence electrons. The van der Waals surface area contributed by atoms with Crippen LogP contribution in [0.25, 0.3) is 0 Å². The van der Waals surface area contributed by atoms with Crippen LogP contribution in [0.5, 0.6) is 0 Å². The van der Waals surface area contributed by atoms with Gasteiger partial charge in [0, 0.05) is 24.7 Å². The molecule has 0 spiro atoms. The monoisotopic (exact) mass is 331 g/mol. The minimum absolute atomic E-state index is 0.0441. The lowest BCUT2D eigenvalue weighted by Gasteiger charge is -2.15. The molecular weight excluding hydrogens is 310 g/mol. The van der Waals surface area contributed by atoms with Crippen LogP contribution in [-0.4, -0.2) is 41.3 Å². The quantitative estimate of drug-likeness (QED) is 0.404. The molecule has 1 rings (SSSR count). The Morgan fingerprint density at radius 3 is 2.95 bits per heavy atom. The Kier molecular flexibility index (Phi) is 7.48. The molecule has 0 aliphatic heterocycles. The summed E-state index contributed by atoms with van der Waals surface area (Å²) in [6.45, 7) is 2.81. The van der Waals surface area contributed by atoms with Crippen molar-refractivity contribution in [1.29, 1.82) is 0 Å². The zero-order chi connectivity index (χ0) is 15.8. The van der Waals surface area contributed by atoms with Gasteiger partial charge in [-0.1, -0.05) is 0 Å². The van der Waals surface area contributed by atoms with E-state index >= 15 is 0 Å².